The molecule has 0 aliphatic heterocycles. The lowest BCUT2D eigenvalue weighted by Gasteiger charge is -2.26. The van der Waals surface area contributed by atoms with Crippen LogP contribution in [0.1, 0.15) is 39.5 Å². The lowest BCUT2D eigenvalue weighted by atomic mass is 10.1. The number of carboxylic acids is 2. The first-order valence-corrected chi connectivity index (χ1v) is 9.33. The minimum absolute atomic E-state index is 0.323. The molecule has 5 unspecified atom stereocenters. The maximum absolute atomic E-state index is 12.5. The van der Waals surface area contributed by atoms with Crippen LogP contribution >= 0.6 is 0 Å². The lowest BCUT2D eigenvalue weighted by Crippen LogP contribution is -2.59. The number of rotatable bonds is 14. The van der Waals surface area contributed by atoms with Crippen molar-refractivity contribution in [3.8, 4) is 0 Å². The second-order valence-electron chi connectivity index (χ2n) is 6.91. The van der Waals surface area contributed by atoms with Gasteiger partial charge in [0, 0.05) is 12.8 Å². The number of carbonyl (C=O) groups is 6. The van der Waals surface area contributed by atoms with Crippen molar-refractivity contribution in [2.24, 2.45) is 11.5 Å². The molecule has 0 aromatic rings. The number of nitrogens with one attached hydrogen (secondary N) is 3. The Balaban J connectivity index is 5.45. The fourth-order valence-corrected chi connectivity index (χ4v) is 2.30. The quantitative estimate of drug-likeness (QED) is 0.130. The third-order valence-electron chi connectivity index (χ3n) is 4.05. The van der Waals surface area contributed by atoms with Crippen molar-refractivity contribution in [2.45, 2.75) is 69.8 Å². The Morgan fingerprint density at radius 1 is 0.806 bits per heavy atom. The highest BCUT2D eigenvalue weighted by Crippen LogP contribution is 2.04. The average molecular weight is 447 g/mol. The lowest BCUT2D eigenvalue weighted by molar-refractivity contribution is -0.143. The number of nitrogens with two attached hydrogens (primary N) is 2. The monoisotopic (exact) mass is 447 g/mol. The molecule has 0 rings (SSSR count). The minimum atomic E-state index is -1.52. The van der Waals surface area contributed by atoms with Gasteiger partial charge in [0.15, 0.2) is 0 Å². The number of aliphatic hydroxyl groups excluding tert-OH is 1. The van der Waals surface area contributed by atoms with Crippen LogP contribution in [0.5, 0.6) is 0 Å². The van der Waals surface area contributed by atoms with Crippen LogP contribution in [0.15, 0.2) is 0 Å². The van der Waals surface area contributed by atoms with Crippen molar-refractivity contribution in [1.29, 1.82) is 0 Å². The second-order valence-corrected chi connectivity index (χ2v) is 6.91. The van der Waals surface area contributed by atoms with Gasteiger partial charge in [-0.15, -0.1) is 0 Å². The van der Waals surface area contributed by atoms with Gasteiger partial charge in [-0.2, -0.15) is 0 Å². The van der Waals surface area contributed by atoms with Gasteiger partial charge >= 0.3 is 11.9 Å². The molecule has 0 spiro atoms. The Morgan fingerprint density at radius 2 is 1.32 bits per heavy atom. The summed E-state index contributed by atoms with van der Waals surface area (Å²) < 4.78 is 0. The third kappa shape index (κ3) is 10.9. The summed E-state index contributed by atoms with van der Waals surface area (Å²) in [4.78, 5) is 69.8. The van der Waals surface area contributed by atoms with Gasteiger partial charge in [-0.3, -0.25) is 24.0 Å². The molecule has 0 bridgehead atoms. The van der Waals surface area contributed by atoms with Crippen LogP contribution in [0.4, 0.5) is 0 Å². The zero-order chi connectivity index (χ0) is 24.3. The van der Waals surface area contributed by atoms with Crippen LogP contribution in [0.25, 0.3) is 0 Å². The first-order chi connectivity index (χ1) is 14.3. The van der Waals surface area contributed by atoms with E-state index in [1.807, 2.05) is 0 Å². The molecule has 14 heteroatoms. The topological polar surface area (TPSA) is 251 Å². The number of carboxylic acid groups (broad SMARTS) is 2. The fourth-order valence-electron chi connectivity index (χ4n) is 2.30. The standard InChI is InChI=1S/C17H29N5O9/c1-7(18)14(27)22-13(8(2)23)16(29)20-9(4-6-12(25)26)15(28)21-10(17(30)31)3-5-11(19)24/h7-10,13,23H,3-6,18H2,1-2H3,(H2,19,24)(H,20,29)(H,21,28)(H,22,27)(H,25,26)(H,30,31). The van der Waals surface area contributed by atoms with Crippen LogP contribution in [-0.4, -0.2) is 81.2 Å². The smallest absolute Gasteiger partial charge is 0.326 e. The van der Waals surface area contributed by atoms with E-state index in [2.05, 4.69) is 16.0 Å². The highest BCUT2D eigenvalue weighted by molar-refractivity contribution is 5.94. The maximum atomic E-state index is 12.5. The van der Waals surface area contributed by atoms with Crippen molar-refractivity contribution >= 4 is 35.6 Å². The van der Waals surface area contributed by atoms with Crippen LogP contribution < -0.4 is 27.4 Å². The zero-order valence-corrected chi connectivity index (χ0v) is 17.2. The molecular weight excluding hydrogens is 418 g/mol. The Bertz CT molecular complexity index is 695. The van der Waals surface area contributed by atoms with Gasteiger partial charge < -0.3 is 42.7 Å². The van der Waals surface area contributed by atoms with Crippen molar-refractivity contribution in [1.82, 2.24) is 16.0 Å². The number of aliphatic carboxylic acids is 2. The van der Waals surface area contributed by atoms with Gasteiger partial charge in [0.2, 0.25) is 23.6 Å². The fraction of sp³-hybridized carbons (Fsp3) is 0.647. The summed E-state index contributed by atoms with van der Waals surface area (Å²) in [6, 6.07) is -5.53. The molecule has 0 radical (unpaired) electrons. The average Bonchev–Trinajstić information content (AvgIpc) is 2.64. The summed E-state index contributed by atoms with van der Waals surface area (Å²) in [5.74, 6) is -6.35. The van der Waals surface area contributed by atoms with Crippen LogP contribution in [0.2, 0.25) is 0 Å². The largest absolute Gasteiger partial charge is 0.481 e. The third-order valence-corrected chi connectivity index (χ3v) is 4.05. The Labute approximate surface area is 177 Å². The van der Waals surface area contributed by atoms with E-state index in [1.54, 1.807) is 0 Å². The van der Waals surface area contributed by atoms with Gasteiger partial charge in [0.25, 0.3) is 0 Å². The predicted octanol–water partition coefficient (Wildman–Crippen LogP) is -3.62. The second kappa shape index (κ2) is 13.1. The molecule has 0 fully saturated rings. The first-order valence-electron chi connectivity index (χ1n) is 9.33. The van der Waals surface area contributed by atoms with E-state index in [4.69, 9.17) is 16.6 Å². The predicted molar refractivity (Wildman–Crippen MR) is 104 cm³/mol. The van der Waals surface area contributed by atoms with Crippen LogP contribution in [0.3, 0.4) is 0 Å². The molecule has 5 atom stereocenters. The van der Waals surface area contributed by atoms with Gasteiger partial charge in [-0.05, 0) is 26.7 Å². The number of amides is 4. The molecule has 0 aromatic heterocycles. The summed E-state index contributed by atoms with van der Waals surface area (Å²) in [5, 5.41) is 34.3. The number of hydrogen-bond donors (Lipinski definition) is 8. The van der Waals surface area contributed by atoms with E-state index in [1.165, 1.54) is 13.8 Å². The van der Waals surface area contributed by atoms with Crippen LogP contribution in [-0.2, 0) is 28.8 Å². The van der Waals surface area contributed by atoms with E-state index in [9.17, 15) is 39.0 Å². The highest BCUT2D eigenvalue weighted by atomic mass is 16.4. The molecule has 0 aliphatic carbocycles. The van der Waals surface area contributed by atoms with Crippen molar-refractivity contribution in [2.75, 3.05) is 0 Å². The Hall–Kier alpha value is -3.26. The van der Waals surface area contributed by atoms with Gasteiger partial charge in [0.1, 0.15) is 18.1 Å². The van der Waals surface area contributed by atoms with Gasteiger partial charge in [-0.1, -0.05) is 0 Å². The van der Waals surface area contributed by atoms with Crippen molar-refractivity contribution in [3.05, 3.63) is 0 Å². The summed E-state index contributed by atoms with van der Waals surface area (Å²) in [5.41, 5.74) is 10.4. The molecule has 4 amide bonds. The molecule has 10 N–H and O–H groups in total. The number of hydrogen-bond acceptors (Lipinski definition) is 8. The summed E-state index contributed by atoms with van der Waals surface area (Å²) in [7, 11) is 0. The number of aliphatic hydroxyl groups is 1. The molecule has 176 valence electrons. The first kappa shape index (κ1) is 27.7. The summed E-state index contributed by atoms with van der Waals surface area (Å²) in [6.07, 6.45) is -3.02. The molecule has 31 heavy (non-hydrogen) atoms. The molecular formula is C17H29N5O9. The van der Waals surface area contributed by atoms with E-state index >= 15 is 0 Å². The molecule has 0 heterocycles. The van der Waals surface area contributed by atoms with E-state index < -0.39 is 78.7 Å². The maximum Gasteiger partial charge on any atom is 0.326 e. The molecule has 0 saturated heterocycles. The zero-order valence-electron chi connectivity index (χ0n) is 17.2. The van der Waals surface area contributed by atoms with Crippen molar-refractivity contribution in [3.63, 3.8) is 0 Å². The number of carbonyl (C=O) groups excluding carboxylic acids is 4. The molecule has 0 aliphatic rings. The van der Waals surface area contributed by atoms with Crippen molar-refractivity contribution < 1.29 is 44.1 Å². The van der Waals surface area contributed by atoms with E-state index in [-0.39, 0.29) is 12.8 Å². The Morgan fingerprint density at radius 3 is 1.74 bits per heavy atom. The van der Waals surface area contributed by atoms with E-state index in [0.29, 0.717) is 0 Å². The molecule has 14 nitrogen and oxygen atoms in total. The number of primary amides is 1. The summed E-state index contributed by atoms with van der Waals surface area (Å²) in [6.45, 7) is 2.54. The van der Waals surface area contributed by atoms with Gasteiger partial charge in [0.05, 0.1) is 12.1 Å². The van der Waals surface area contributed by atoms with E-state index in [0.717, 1.165) is 0 Å². The Kier molecular flexibility index (Phi) is 11.7. The SMILES string of the molecule is CC(N)C(=O)NC(C(=O)NC(CCC(=O)O)C(=O)NC(CCC(N)=O)C(=O)O)C(C)O. The molecule has 0 saturated carbocycles. The summed E-state index contributed by atoms with van der Waals surface area (Å²) >= 11 is 0. The molecule has 0 aromatic carbocycles. The highest BCUT2D eigenvalue weighted by Gasteiger charge is 2.32. The normalized spacial score (nSPS) is 15.5. The van der Waals surface area contributed by atoms with Crippen LogP contribution in [0, 0.1) is 0 Å². The van der Waals surface area contributed by atoms with Gasteiger partial charge in [-0.25, -0.2) is 4.79 Å². The minimum Gasteiger partial charge on any atom is -0.481 e.